The maximum absolute atomic E-state index is 10.2. The zero-order chi connectivity index (χ0) is 13.9. The van der Waals surface area contributed by atoms with Gasteiger partial charge in [-0.05, 0) is 48.2 Å². The monoisotopic (exact) mass is 251 g/mol. The molecule has 1 aromatic carbocycles. The van der Waals surface area contributed by atoms with Gasteiger partial charge in [0.05, 0.1) is 13.2 Å². The van der Waals surface area contributed by atoms with Crippen molar-refractivity contribution < 1.29 is 9.84 Å². The molecule has 1 atom stereocenters. The molecule has 1 rings (SSSR count). The van der Waals surface area contributed by atoms with Crippen molar-refractivity contribution in [2.45, 2.75) is 39.2 Å². The summed E-state index contributed by atoms with van der Waals surface area (Å²) in [5.41, 5.74) is 3.14. The fourth-order valence-corrected chi connectivity index (χ4v) is 2.12. The molecule has 0 amide bonds. The van der Waals surface area contributed by atoms with E-state index in [1.807, 2.05) is 20.0 Å². The maximum Gasteiger partial charge on any atom is 0.122 e. The molecule has 0 saturated heterocycles. The third kappa shape index (κ3) is 3.24. The zero-order valence-corrected chi connectivity index (χ0v) is 12.3. The highest BCUT2D eigenvalue weighted by atomic mass is 16.5. The molecule has 0 aliphatic heterocycles. The minimum absolute atomic E-state index is 0.00679. The lowest BCUT2D eigenvalue weighted by Crippen LogP contribution is -2.19. The lowest BCUT2D eigenvalue weighted by atomic mass is 9.83. The van der Waals surface area contributed by atoms with Gasteiger partial charge in [0.15, 0.2) is 0 Å². The molecule has 3 heteroatoms. The van der Waals surface area contributed by atoms with Crippen molar-refractivity contribution >= 4 is 0 Å². The summed E-state index contributed by atoms with van der Waals surface area (Å²) < 4.78 is 5.45. The number of methoxy groups -OCH3 is 1. The number of aliphatic hydroxyl groups excluding tert-OH is 1. The van der Waals surface area contributed by atoms with E-state index in [0.29, 0.717) is 6.54 Å². The number of likely N-dealkylation sites (N-methyl/N-ethyl adjacent to an activating group) is 1. The third-order valence-corrected chi connectivity index (χ3v) is 3.15. The number of hydrogen-bond acceptors (Lipinski definition) is 3. The predicted molar refractivity (Wildman–Crippen MR) is 75.3 cm³/mol. The maximum atomic E-state index is 10.2. The van der Waals surface area contributed by atoms with E-state index in [4.69, 9.17) is 4.74 Å². The van der Waals surface area contributed by atoms with Crippen molar-refractivity contribution in [1.29, 1.82) is 0 Å². The fourth-order valence-electron chi connectivity index (χ4n) is 2.12. The van der Waals surface area contributed by atoms with Crippen LogP contribution in [0.2, 0.25) is 0 Å². The van der Waals surface area contributed by atoms with Crippen LogP contribution >= 0.6 is 0 Å². The minimum atomic E-state index is -0.484. The highest BCUT2D eigenvalue weighted by Crippen LogP contribution is 2.35. The average molecular weight is 251 g/mol. The Hall–Kier alpha value is -1.06. The van der Waals surface area contributed by atoms with Crippen LogP contribution < -0.4 is 10.1 Å². The first-order valence-electron chi connectivity index (χ1n) is 6.33. The van der Waals surface area contributed by atoms with Gasteiger partial charge in [-0.15, -0.1) is 0 Å². The van der Waals surface area contributed by atoms with E-state index in [-0.39, 0.29) is 5.41 Å². The summed E-state index contributed by atoms with van der Waals surface area (Å²) in [6.07, 6.45) is -0.484. The van der Waals surface area contributed by atoms with Gasteiger partial charge in [-0.3, -0.25) is 0 Å². The van der Waals surface area contributed by atoms with Gasteiger partial charge in [-0.1, -0.05) is 20.8 Å². The van der Waals surface area contributed by atoms with E-state index in [9.17, 15) is 5.11 Å². The summed E-state index contributed by atoms with van der Waals surface area (Å²) >= 11 is 0. The molecule has 1 unspecified atom stereocenters. The molecule has 0 radical (unpaired) electrons. The Morgan fingerprint density at radius 3 is 2.39 bits per heavy atom. The summed E-state index contributed by atoms with van der Waals surface area (Å²) in [5, 5.41) is 13.2. The molecule has 18 heavy (non-hydrogen) atoms. The molecule has 102 valence electrons. The Morgan fingerprint density at radius 2 is 1.94 bits per heavy atom. The zero-order valence-electron chi connectivity index (χ0n) is 12.3. The molecule has 0 aromatic heterocycles. The Morgan fingerprint density at radius 1 is 1.33 bits per heavy atom. The number of rotatable bonds is 4. The van der Waals surface area contributed by atoms with Crippen LogP contribution in [0.4, 0.5) is 0 Å². The van der Waals surface area contributed by atoms with Gasteiger partial charge in [0, 0.05) is 6.54 Å². The highest BCUT2D eigenvalue weighted by Gasteiger charge is 2.22. The second kappa shape index (κ2) is 5.72. The Kier molecular flexibility index (Phi) is 4.77. The van der Waals surface area contributed by atoms with E-state index in [2.05, 4.69) is 32.2 Å². The predicted octanol–water partition coefficient (Wildman–Crippen LogP) is 2.55. The molecule has 1 aromatic rings. The second-order valence-electron chi connectivity index (χ2n) is 5.73. The van der Waals surface area contributed by atoms with Crippen molar-refractivity contribution in [2.75, 3.05) is 20.7 Å². The fraction of sp³-hybridized carbons (Fsp3) is 0.600. The molecule has 2 N–H and O–H groups in total. The van der Waals surface area contributed by atoms with Gasteiger partial charge in [0.25, 0.3) is 0 Å². The van der Waals surface area contributed by atoms with Crippen LogP contribution in [0.15, 0.2) is 12.1 Å². The van der Waals surface area contributed by atoms with Crippen molar-refractivity contribution in [1.82, 2.24) is 5.32 Å². The highest BCUT2D eigenvalue weighted by molar-refractivity contribution is 5.46. The lowest BCUT2D eigenvalue weighted by molar-refractivity contribution is 0.176. The second-order valence-corrected chi connectivity index (χ2v) is 5.73. The van der Waals surface area contributed by atoms with Crippen LogP contribution in [0.25, 0.3) is 0 Å². The number of hydrogen-bond donors (Lipinski definition) is 2. The lowest BCUT2D eigenvalue weighted by Gasteiger charge is -2.25. The van der Waals surface area contributed by atoms with Crippen molar-refractivity contribution in [3.63, 3.8) is 0 Å². The summed E-state index contributed by atoms with van der Waals surface area (Å²) in [7, 11) is 3.53. The van der Waals surface area contributed by atoms with Crippen molar-refractivity contribution in [3.05, 3.63) is 28.8 Å². The summed E-state index contributed by atoms with van der Waals surface area (Å²) in [6.45, 7) is 9.00. The van der Waals surface area contributed by atoms with Crippen LogP contribution in [-0.2, 0) is 5.41 Å². The van der Waals surface area contributed by atoms with E-state index in [1.165, 1.54) is 0 Å². The van der Waals surface area contributed by atoms with Crippen LogP contribution in [0, 0.1) is 6.92 Å². The van der Waals surface area contributed by atoms with Crippen LogP contribution in [0.1, 0.15) is 43.6 Å². The van der Waals surface area contributed by atoms with Gasteiger partial charge >= 0.3 is 0 Å². The summed E-state index contributed by atoms with van der Waals surface area (Å²) in [5.74, 6) is 0.889. The smallest absolute Gasteiger partial charge is 0.122 e. The molecular formula is C15H25NO2. The molecular weight excluding hydrogens is 226 g/mol. The SMILES string of the molecule is CNCC(O)c1cc(C(C)(C)C)c(OC)cc1C. The molecule has 0 fully saturated rings. The molecule has 0 heterocycles. The van der Waals surface area contributed by atoms with Gasteiger partial charge in [-0.25, -0.2) is 0 Å². The number of aliphatic hydroxyl groups is 1. The van der Waals surface area contributed by atoms with Gasteiger partial charge < -0.3 is 15.2 Å². The molecule has 0 spiro atoms. The third-order valence-electron chi connectivity index (χ3n) is 3.15. The molecule has 3 nitrogen and oxygen atoms in total. The Bertz CT molecular complexity index is 408. The van der Waals surface area contributed by atoms with E-state index < -0.39 is 6.10 Å². The van der Waals surface area contributed by atoms with Crippen LogP contribution in [-0.4, -0.2) is 25.8 Å². The van der Waals surface area contributed by atoms with Crippen LogP contribution in [0.3, 0.4) is 0 Å². The first-order chi connectivity index (χ1) is 8.31. The van der Waals surface area contributed by atoms with Gasteiger partial charge in [0.2, 0.25) is 0 Å². The molecule has 0 saturated carbocycles. The van der Waals surface area contributed by atoms with Crippen molar-refractivity contribution in [3.8, 4) is 5.75 Å². The topological polar surface area (TPSA) is 41.5 Å². The first kappa shape index (κ1) is 15.0. The Balaban J connectivity index is 3.30. The van der Waals surface area contributed by atoms with Gasteiger partial charge in [-0.2, -0.15) is 0 Å². The number of ether oxygens (including phenoxy) is 1. The van der Waals surface area contributed by atoms with E-state index in [1.54, 1.807) is 7.11 Å². The molecule has 0 aliphatic carbocycles. The first-order valence-corrected chi connectivity index (χ1v) is 6.33. The largest absolute Gasteiger partial charge is 0.496 e. The number of nitrogens with one attached hydrogen (secondary N) is 1. The number of benzene rings is 1. The molecule has 0 bridgehead atoms. The standard InChI is InChI=1S/C15H25NO2/c1-10-7-14(18-6)12(15(2,3)4)8-11(10)13(17)9-16-5/h7-8,13,16-17H,9H2,1-6H3. The summed E-state index contributed by atoms with van der Waals surface area (Å²) in [4.78, 5) is 0. The normalized spacial score (nSPS) is 13.5. The quantitative estimate of drug-likeness (QED) is 0.864. The van der Waals surface area contributed by atoms with Crippen LogP contribution in [0.5, 0.6) is 5.75 Å². The average Bonchev–Trinajstić information content (AvgIpc) is 2.27. The van der Waals surface area contributed by atoms with E-state index in [0.717, 1.165) is 22.4 Å². The summed E-state index contributed by atoms with van der Waals surface area (Å²) in [6, 6.07) is 4.07. The minimum Gasteiger partial charge on any atom is -0.496 e. The Labute approximate surface area is 110 Å². The van der Waals surface area contributed by atoms with Gasteiger partial charge in [0.1, 0.15) is 5.75 Å². The van der Waals surface area contributed by atoms with Crippen molar-refractivity contribution in [2.24, 2.45) is 0 Å². The van der Waals surface area contributed by atoms with E-state index >= 15 is 0 Å². The number of aryl methyl sites for hydroxylation is 1. The molecule has 0 aliphatic rings.